The monoisotopic (exact) mass is 374 g/mol. The Kier molecular flexibility index (Phi) is 4.33. The molecule has 0 aliphatic heterocycles. The van der Waals surface area contributed by atoms with E-state index in [1.54, 1.807) is 24.3 Å². The van der Waals surface area contributed by atoms with Crippen molar-refractivity contribution in [1.29, 1.82) is 0 Å². The third-order valence-electron chi connectivity index (χ3n) is 3.00. The first-order chi connectivity index (χ1) is 11.2. The van der Waals surface area contributed by atoms with Crippen molar-refractivity contribution in [3.05, 3.63) is 58.8 Å². The van der Waals surface area contributed by atoms with E-state index in [1.165, 1.54) is 30.7 Å². The lowest BCUT2D eigenvalue weighted by atomic mass is 10.1. The zero-order chi connectivity index (χ0) is 16.2. The van der Waals surface area contributed by atoms with Crippen LogP contribution in [-0.2, 0) is 4.74 Å². The van der Waals surface area contributed by atoms with Crippen molar-refractivity contribution >= 4 is 28.1 Å². The van der Waals surface area contributed by atoms with E-state index in [1.807, 2.05) is 6.07 Å². The second-order valence-electron chi connectivity index (χ2n) is 4.47. The van der Waals surface area contributed by atoms with E-state index in [2.05, 4.69) is 31.2 Å². The van der Waals surface area contributed by atoms with Gasteiger partial charge in [0.2, 0.25) is 0 Å². The van der Waals surface area contributed by atoms with E-state index in [0.29, 0.717) is 22.6 Å². The summed E-state index contributed by atoms with van der Waals surface area (Å²) in [6, 6.07) is 8.83. The predicted molar refractivity (Wildman–Crippen MR) is 86.2 cm³/mol. The van der Waals surface area contributed by atoms with Crippen LogP contribution in [-0.4, -0.2) is 34.2 Å². The molecule has 0 radical (unpaired) electrons. The van der Waals surface area contributed by atoms with Gasteiger partial charge in [0.15, 0.2) is 0 Å². The highest BCUT2D eigenvalue weighted by Crippen LogP contribution is 2.28. The molecule has 23 heavy (non-hydrogen) atoms. The zero-order valence-electron chi connectivity index (χ0n) is 12.0. The first kappa shape index (κ1) is 15.2. The summed E-state index contributed by atoms with van der Waals surface area (Å²) in [5, 5.41) is 11.4. The van der Waals surface area contributed by atoms with Crippen LogP contribution in [0.3, 0.4) is 0 Å². The molecule has 1 aromatic carbocycles. The minimum atomic E-state index is -0.433. The first-order valence-corrected chi connectivity index (χ1v) is 7.34. The fraction of sp³-hybridized carbons (Fsp3) is 0.0667. The van der Waals surface area contributed by atoms with Crippen LogP contribution in [0, 0.1) is 0 Å². The summed E-state index contributed by atoms with van der Waals surface area (Å²) in [4.78, 5) is 11.9. The van der Waals surface area contributed by atoms with Crippen molar-refractivity contribution in [2.45, 2.75) is 0 Å². The first-order valence-electron chi connectivity index (χ1n) is 6.54. The summed E-state index contributed by atoms with van der Waals surface area (Å²) in [6.07, 6.45) is 4.46. The van der Waals surface area contributed by atoms with Crippen molar-refractivity contribution in [2.75, 3.05) is 7.11 Å². The van der Waals surface area contributed by atoms with Crippen LogP contribution in [0.5, 0.6) is 0 Å². The zero-order valence-corrected chi connectivity index (χ0v) is 13.6. The van der Waals surface area contributed by atoms with Gasteiger partial charge in [-0.15, -0.1) is 10.2 Å². The maximum Gasteiger partial charge on any atom is 0.338 e. The summed E-state index contributed by atoms with van der Waals surface area (Å²) in [6.45, 7) is 0. The van der Waals surface area contributed by atoms with Crippen LogP contribution in [0.4, 0.5) is 0 Å². The molecule has 0 unspecified atom stereocenters. The Bertz CT molecular complexity index is 855. The molecule has 0 spiro atoms. The number of halogens is 1. The quantitative estimate of drug-likeness (QED) is 0.517. The summed E-state index contributed by atoms with van der Waals surface area (Å²) in [5.74, 6) is 0.646. The van der Waals surface area contributed by atoms with E-state index in [9.17, 15) is 4.79 Å². The highest BCUT2D eigenvalue weighted by molar-refractivity contribution is 9.10. The average Bonchev–Trinajstić information content (AvgIpc) is 3.23. The van der Waals surface area contributed by atoms with Gasteiger partial charge in [-0.05, 0) is 30.3 Å². The van der Waals surface area contributed by atoms with Gasteiger partial charge in [0.1, 0.15) is 24.2 Å². The normalized spacial score (nSPS) is 11.0. The fourth-order valence-corrected chi connectivity index (χ4v) is 2.32. The molecule has 0 aliphatic carbocycles. The van der Waals surface area contributed by atoms with Crippen LogP contribution >= 0.6 is 15.9 Å². The number of nitrogens with zero attached hydrogens (tertiary/aromatic N) is 4. The predicted octanol–water partition coefficient (Wildman–Crippen LogP) is 2.97. The Morgan fingerprint density at radius 1 is 1.30 bits per heavy atom. The van der Waals surface area contributed by atoms with Crippen LogP contribution < -0.4 is 0 Å². The molecule has 0 aliphatic rings. The fourth-order valence-electron chi connectivity index (χ4n) is 1.96. The lowest BCUT2D eigenvalue weighted by Crippen LogP contribution is -2.03. The molecule has 0 saturated heterocycles. The van der Waals surface area contributed by atoms with Gasteiger partial charge in [0.05, 0.1) is 18.9 Å². The lowest BCUT2D eigenvalue weighted by Gasteiger charge is -2.06. The molecule has 116 valence electrons. The van der Waals surface area contributed by atoms with E-state index in [0.717, 1.165) is 4.47 Å². The Morgan fingerprint density at radius 3 is 2.83 bits per heavy atom. The molecule has 3 rings (SSSR count). The standard InChI is InChI=1S/C15H11BrN4O3/c1-22-15(21)13-6-10(16)2-4-12(13)14-5-3-11(23-14)7-19-20-8-17-18-9-20/h2-9H,1H3/b19-7+. The second kappa shape index (κ2) is 6.57. The lowest BCUT2D eigenvalue weighted by molar-refractivity contribution is 0.0601. The Hall–Kier alpha value is -2.74. The molecule has 3 aromatic rings. The molecule has 8 heteroatoms. The number of methoxy groups -OCH3 is 1. The van der Waals surface area contributed by atoms with Crippen LogP contribution in [0.15, 0.2) is 57.0 Å². The van der Waals surface area contributed by atoms with Gasteiger partial charge < -0.3 is 9.15 Å². The van der Waals surface area contributed by atoms with E-state index < -0.39 is 5.97 Å². The molecule has 0 saturated carbocycles. The van der Waals surface area contributed by atoms with Crippen molar-refractivity contribution in [3.8, 4) is 11.3 Å². The topological polar surface area (TPSA) is 82.5 Å². The maximum absolute atomic E-state index is 11.9. The Morgan fingerprint density at radius 2 is 2.09 bits per heavy atom. The van der Waals surface area contributed by atoms with E-state index in [4.69, 9.17) is 9.15 Å². The highest BCUT2D eigenvalue weighted by Gasteiger charge is 2.16. The van der Waals surface area contributed by atoms with Crippen molar-refractivity contribution in [3.63, 3.8) is 0 Å². The maximum atomic E-state index is 11.9. The molecule has 0 amide bonds. The number of rotatable bonds is 4. The number of benzene rings is 1. The van der Waals surface area contributed by atoms with Gasteiger partial charge in [-0.25, -0.2) is 9.47 Å². The molecule has 2 aromatic heterocycles. The molecule has 7 nitrogen and oxygen atoms in total. The highest BCUT2D eigenvalue weighted by atomic mass is 79.9. The van der Waals surface area contributed by atoms with Crippen molar-refractivity contribution < 1.29 is 13.9 Å². The molecule has 0 bridgehead atoms. The van der Waals surface area contributed by atoms with E-state index >= 15 is 0 Å². The molecular formula is C15H11BrN4O3. The van der Waals surface area contributed by atoms with Gasteiger partial charge in [0, 0.05) is 10.0 Å². The number of carbonyl (C=O) groups excluding carboxylic acids is 1. The number of aromatic nitrogens is 3. The van der Waals surface area contributed by atoms with Crippen LogP contribution in [0.2, 0.25) is 0 Å². The van der Waals surface area contributed by atoms with Gasteiger partial charge in [-0.2, -0.15) is 5.10 Å². The number of carbonyl (C=O) groups is 1. The molecule has 2 heterocycles. The average molecular weight is 375 g/mol. The van der Waals surface area contributed by atoms with Gasteiger partial charge in [0.25, 0.3) is 0 Å². The molecular weight excluding hydrogens is 364 g/mol. The number of hydrogen-bond donors (Lipinski definition) is 0. The minimum Gasteiger partial charge on any atom is -0.465 e. The van der Waals surface area contributed by atoms with Crippen molar-refractivity contribution in [2.24, 2.45) is 5.10 Å². The third-order valence-corrected chi connectivity index (χ3v) is 3.50. The number of esters is 1. The second-order valence-corrected chi connectivity index (χ2v) is 5.39. The smallest absolute Gasteiger partial charge is 0.338 e. The third kappa shape index (κ3) is 3.37. The van der Waals surface area contributed by atoms with Crippen LogP contribution in [0.25, 0.3) is 11.3 Å². The van der Waals surface area contributed by atoms with Gasteiger partial charge in [-0.3, -0.25) is 0 Å². The summed E-state index contributed by atoms with van der Waals surface area (Å²) in [7, 11) is 1.34. The Balaban J connectivity index is 1.93. The number of hydrogen-bond acceptors (Lipinski definition) is 6. The SMILES string of the molecule is COC(=O)c1cc(Br)ccc1-c1ccc(/C=N/n2cnnc2)o1. The Labute approximate surface area is 139 Å². The molecule has 0 atom stereocenters. The van der Waals surface area contributed by atoms with Gasteiger partial charge in [-0.1, -0.05) is 15.9 Å². The molecule has 0 fully saturated rings. The van der Waals surface area contributed by atoms with Crippen LogP contribution in [0.1, 0.15) is 16.1 Å². The summed E-state index contributed by atoms with van der Waals surface area (Å²) in [5.41, 5.74) is 1.06. The summed E-state index contributed by atoms with van der Waals surface area (Å²) >= 11 is 3.34. The largest absolute Gasteiger partial charge is 0.465 e. The van der Waals surface area contributed by atoms with E-state index in [-0.39, 0.29) is 0 Å². The number of furan rings is 1. The summed E-state index contributed by atoms with van der Waals surface area (Å²) < 4.78 is 12.8. The molecule has 0 N–H and O–H groups in total. The minimum absolute atomic E-state index is 0.415. The number of ether oxygens (including phenoxy) is 1. The van der Waals surface area contributed by atoms with Crippen molar-refractivity contribution in [1.82, 2.24) is 14.9 Å². The van der Waals surface area contributed by atoms with Gasteiger partial charge >= 0.3 is 5.97 Å².